The van der Waals surface area contributed by atoms with Crippen molar-refractivity contribution in [1.82, 2.24) is 16.0 Å². The Labute approximate surface area is 186 Å². The van der Waals surface area contributed by atoms with Crippen molar-refractivity contribution in [2.75, 3.05) is 0 Å². The van der Waals surface area contributed by atoms with Crippen LogP contribution < -0.4 is 27.4 Å². The Kier molecular flexibility index (Phi) is 12.0. The monoisotopic (exact) mass is 477 g/mol. The predicted molar refractivity (Wildman–Crippen MR) is 106 cm³/mol. The number of aliphatic carboxylic acids is 3. The van der Waals surface area contributed by atoms with Gasteiger partial charge in [-0.2, -0.15) is 0 Å². The second-order valence-corrected chi connectivity index (χ2v) is 6.99. The topological polar surface area (TPSA) is 289 Å². The number of aliphatic hydroxyl groups excluding tert-OH is 1. The summed E-state index contributed by atoms with van der Waals surface area (Å²) in [4.78, 5) is 81.2. The summed E-state index contributed by atoms with van der Waals surface area (Å²) in [5.74, 6) is -9.12. The molecule has 0 radical (unpaired) electrons. The lowest BCUT2D eigenvalue weighted by molar-refractivity contribution is -0.147. The van der Waals surface area contributed by atoms with E-state index in [0.717, 1.165) is 0 Å². The molecule has 0 aliphatic carbocycles. The zero-order valence-corrected chi connectivity index (χ0v) is 17.5. The largest absolute Gasteiger partial charge is 0.481 e. The van der Waals surface area contributed by atoms with Gasteiger partial charge in [0.2, 0.25) is 23.6 Å². The third-order valence-corrected chi connectivity index (χ3v) is 4.14. The summed E-state index contributed by atoms with van der Waals surface area (Å²) in [5.41, 5.74) is 10.4. The Balaban J connectivity index is 5.63. The van der Waals surface area contributed by atoms with Crippen molar-refractivity contribution in [3.63, 3.8) is 0 Å². The molecule has 0 aliphatic rings. The maximum absolute atomic E-state index is 12.6. The van der Waals surface area contributed by atoms with Gasteiger partial charge in [-0.1, -0.05) is 0 Å². The first kappa shape index (κ1) is 29.2. The molecule has 0 aliphatic heterocycles. The van der Waals surface area contributed by atoms with Gasteiger partial charge in [-0.25, -0.2) is 4.79 Å². The predicted octanol–water partition coefficient (Wildman–Crippen LogP) is -4.55. The van der Waals surface area contributed by atoms with Crippen LogP contribution in [0.1, 0.15) is 32.6 Å². The number of aliphatic hydroxyl groups is 1. The second kappa shape index (κ2) is 13.6. The van der Waals surface area contributed by atoms with Gasteiger partial charge in [0.05, 0.1) is 18.9 Å². The zero-order chi connectivity index (χ0) is 25.9. The van der Waals surface area contributed by atoms with E-state index >= 15 is 0 Å². The van der Waals surface area contributed by atoms with Crippen molar-refractivity contribution in [3.8, 4) is 0 Å². The Morgan fingerprint density at radius 3 is 1.61 bits per heavy atom. The number of nitrogens with one attached hydrogen (secondary N) is 3. The van der Waals surface area contributed by atoms with Gasteiger partial charge in [0, 0.05) is 6.42 Å². The van der Waals surface area contributed by atoms with Crippen LogP contribution >= 0.6 is 0 Å². The molecular formula is C17H27N5O11. The lowest BCUT2D eigenvalue weighted by atomic mass is 10.1. The van der Waals surface area contributed by atoms with Crippen molar-refractivity contribution >= 4 is 41.5 Å². The van der Waals surface area contributed by atoms with Crippen LogP contribution in [0.25, 0.3) is 0 Å². The van der Waals surface area contributed by atoms with E-state index in [2.05, 4.69) is 5.32 Å². The highest BCUT2D eigenvalue weighted by Crippen LogP contribution is 2.04. The number of nitrogens with two attached hydrogens (primary N) is 2. The summed E-state index contributed by atoms with van der Waals surface area (Å²) in [6, 6.07) is -6.78. The average Bonchev–Trinajstić information content (AvgIpc) is 2.67. The first-order valence-electron chi connectivity index (χ1n) is 9.45. The van der Waals surface area contributed by atoms with E-state index in [1.54, 1.807) is 0 Å². The van der Waals surface area contributed by atoms with Crippen LogP contribution in [0, 0.1) is 0 Å². The van der Waals surface area contributed by atoms with Crippen molar-refractivity contribution in [1.29, 1.82) is 0 Å². The summed E-state index contributed by atoms with van der Waals surface area (Å²) >= 11 is 0. The molecular weight excluding hydrogens is 450 g/mol. The summed E-state index contributed by atoms with van der Waals surface area (Å²) in [6.07, 6.45) is -4.20. The smallest absolute Gasteiger partial charge is 0.326 e. The molecule has 5 atom stereocenters. The number of carbonyl (C=O) groups excluding carboxylic acids is 4. The van der Waals surface area contributed by atoms with Gasteiger partial charge in [-0.05, 0) is 13.3 Å². The molecule has 0 saturated carbocycles. The van der Waals surface area contributed by atoms with E-state index in [4.69, 9.17) is 26.8 Å². The maximum Gasteiger partial charge on any atom is 0.326 e. The van der Waals surface area contributed by atoms with Crippen LogP contribution in [0.15, 0.2) is 0 Å². The van der Waals surface area contributed by atoms with Crippen LogP contribution in [0.2, 0.25) is 0 Å². The minimum Gasteiger partial charge on any atom is -0.481 e. The summed E-state index contributed by atoms with van der Waals surface area (Å²) < 4.78 is 0. The van der Waals surface area contributed by atoms with Crippen molar-refractivity contribution < 1.29 is 54.0 Å². The molecule has 0 spiro atoms. The molecule has 0 fully saturated rings. The average molecular weight is 477 g/mol. The summed E-state index contributed by atoms with van der Waals surface area (Å²) in [5, 5.41) is 42.2. The Bertz CT molecular complexity index is 785. The van der Waals surface area contributed by atoms with Crippen LogP contribution in [0.4, 0.5) is 0 Å². The standard InChI is InChI=1S/C17H27N5O11/c1-6(23)13(19)16(31)21-8(4-11(25)26)15(30)20-7(2-3-10(18)24)14(29)22-9(17(32)33)5-12(27)28/h6-9,13,23H,2-5,19H2,1H3,(H2,18,24)(H,20,30)(H,21,31)(H,22,29)(H,25,26)(H,27,28)(H,32,33). The van der Waals surface area contributed by atoms with E-state index in [1.807, 2.05) is 10.6 Å². The number of rotatable bonds is 15. The molecule has 4 amide bonds. The van der Waals surface area contributed by atoms with Gasteiger partial charge in [0.15, 0.2) is 0 Å². The zero-order valence-electron chi connectivity index (χ0n) is 17.5. The summed E-state index contributed by atoms with van der Waals surface area (Å²) in [6.45, 7) is 1.18. The number of amides is 4. The molecule has 16 nitrogen and oxygen atoms in total. The number of hydrogen-bond acceptors (Lipinski definition) is 9. The molecule has 0 heterocycles. The normalized spacial score (nSPS) is 15.1. The molecule has 5 unspecified atom stereocenters. The highest BCUT2D eigenvalue weighted by atomic mass is 16.4. The number of carboxylic acids is 3. The minimum atomic E-state index is -1.87. The number of hydrogen-bond donors (Lipinski definition) is 9. The molecule has 0 saturated heterocycles. The Morgan fingerprint density at radius 1 is 0.758 bits per heavy atom. The highest BCUT2D eigenvalue weighted by molar-refractivity contribution is 5.96. The van der Waals surface area contributed by atoms with Gasteiger partial charge in [0.1, 0.15) is 24.2 Å². The van der Waals surface area contributed by atoms with Gasteiger partial charge in [-0.15, -0.1) is 0 Å². The van der Waals surface area contributed by atoms with Gasteiger partial charge < -0.3 is 47.8 Å². The lowest BCUT2D eigenvalue weighted by Crippen LogP contribution is -2.58. The Hall–Kier alpha value is -3.79. The number of carbonyl (C=O) groups is 7. The second-order valence-electron chi connectivity index (χ2n) is 6.99. The molecule has 33 heavy (non-hydrogen) atoms. The fraction of sp³-hybridized carbons (Fsp3) is 0.588. The van der Waals surface area contributed by atoms with Crippen LogP contribution in [0.3, 0.4) is 0 Å². The third kappa shape index (κ3) is 11.4. The van der Waals surface area contributed by atoms with Crippen molar-refractivity contribution in [2.24, 2.45) is 11.5 Å². The lowest BCUT2D eigenvalue weighted by Gasteiger charge is -2.24. The van der Waals surface area contributed by atoms with E-state index in [9.17, 15) is 38.7 Å². The van der Waals surface area contributed by atoms with Gasteiger partial charge >= 0.3 is 17.9 Å². The van der Waals surface area contributed by atoms with Crippen molar-refractivity contribution in [2.45, 2.75) is 62.9 Å². The molecule has 16 heteroatoms. The molecule has 0 aromatic heterocycles. The van der Waals surface area contributed by atoms with Crippen LogP contribution in [-0.4, -0.2) is 92.2 Å². The number of primary amides is 1. The first-order valence-corrected chi connectivity index (χ1v) is 9.45. The van der Waals surface area contributed by atoms with Gasteiger partial charge in [-0.3, -0.25) is 28.8 Å². The third-order valence-electron chi connectivity index (χ3n) is 4.14. The maximum atomic E-state index is 12.6. The minimum absolute atomic E-state index is 0.451. The molecule has 0 aromatic carbocycles. The molecule has 0 bridgehead atoms. The number of carboxylic acid groups (broad SMARTS) is 3. The quantitative estimate of drug-likeness (QED) is 0.108. The Morgan fingerprint density at radius 2 is 1.18 bits per heavy atom. The molecule has 0 aromatic rings. The van der Waals surface area contributed by atoms with Crippen LogP contribution in [-0.2, 0) is 33.6 Å². The van der Waals surface area contributed by atoms with E-state index in [0.29, 0.717) is 0 Å². The fourth-order valence-electron chi connectivity index (χ4n) is 2.35. The SMILES string of the molecule is CC(O)C(N)C(=O)NC(CC(=O)O)C(=O)NC(CCC(N)=O)C(=O)NC(CC(=O)O)C(=O)O. The van der Waals surface area contributed by atoms with E-state index in [1.165, 1.54) is 6.92 Å². The molecule has 11 N–H and O–H groups in total. The fourth-order valence-corrected chi connectivity index (χ4v) is 2.35. The van der Waals surface area contributed by atoms with Crippen LogP contribution in [0.5, 0.6) is 0 Å². The molecule has 186 valence electrons. The first-order chi connectivity index (χ1) is 15.1. The molecule has 0 rings (SSSR count). The van der Waals surface area contributed by atoms with E-state index in [-0.39, 0.29) is 0 Å². The summed E-state index contributed by atoms with van der Waals surface area (Å²) in [7, 11) is 0. The van der Waals surface area contributed by atoms with Gasteiger partial charge in [0.25, 0.3) is 0 Å². The van der Waals surface area contributed by atoms with E-state index < -0.39 is 97.5 Å². The highest BCUT2D eigenvalue weighted by Gasteiger charge is 2.32. The van der Waals surface area contributed by atoms with Crippen molar-refractivity contribution in [3.05, 3.63) is 0 Å².